The number of nitrogens with zero attached hydrogens (tertiary/aromatic N) is 1. The summed E-state index contributed by atoms with van der Waals surface area (Å²) in [5, 5.41) is 7.95. The predicted molar refractivity (Wildman–Crippen MR) is 96.5 cm³/mol. The summed E-state index contributed by atoms with van der Waals surface area (Å²) in [4.78, 5) is 19.8. The number of hydrogen-bond acceptors (Lipinski definition) is 3. The first kappa shape index (κ1) is 15.0. The number of carbonyl (C=O) groups is 1. The van der Waals surface area contributed by atoms with Gasteiger partial charge in [-0.25, -0.2) is 4.98 Å². The highest BCUT2D eigenvalue weighted by atomic mass is 35.5. The lowest BCUT2D eigenvalue weighted by atomic mass is 10.1. The summed E-state index contributed by atoms with van der Waals surface area (Å²) < 4.78 is 0. The molecule has 2 heterocycles. The molecule has 24 heavy (non-hydrogen) atoms. The quantitative estimate of drug-likeness (QED) is 0.658. The molecule has 1 aliphatic rings. The number of aromatic nitrogens is 2. The molecule has 0 spiro atoms. The van der Waals surface area contributed by atoms with Crippen LogP contribution in [0.4, 0.5) is 11.4 Å². The summed E-state index contributed by atoms with van der Waals surface area (Å²) in [7, 11) is 0. The molecular formula is C18H17ClN4O. The first-order valence-corrected chi connectivity index (χ1v) is 8.34. The Kier molecular flexibility index (Phi) is 3.86. The number of H-pyrrole nitrogens is 1. The van der Waals surface area contributed by atoms with Crippen LogP contribution < -0.4 is 10.6 Å². The van der Waals surface area contributed by atoms with Gasteiger partial charge in [0.15, 0.2) is 0 Å². The minimum absolute atomic E-state index is 0.0825. The van der Waals surface area contributed by atoms with E-state index in [9.17, 15) is 4.79 Å². The van der Waals surface area contributed by atoms with Crippen LogP contribution in [0, 0.1) is 0 Å². The Labute approximate surface area is 144 Å². The van der Waals surface area contributed by atoms with Crippen molar-refractivity contribution in [2.24, 2.45) is 0 Å². The number of anilines is 2. The summed E-state index contributed by atoms with van der Waals surface area (Å²) in [5.41, 5.74) is 3.35. The van der Waals surface area contributed by atoms with Crippen molar-refractivity contribution in [3.8, 4) is 0 Å². The van der Waals surface area contributed by atoms with E-state index in [0.29, 0.717) is 11.1 Å². The zero-order valence-corrected chi connectivity index (χ0v) is 13.7. The molecule has 3 aromatic rings. The summed E-state index contributed by atoms with van der Waals surface area (Å²) in [5.74, 6) is -0.0825. The van der Waals surface area contributed by atoms with Crippen LogP contribution in [-0.4, -0.2) is 21.9 Å². The topological polar surface area (TPSA) is 69.8 Å². The Morgan fingerprint density at radius 2 is 2.17 bits per heavy atom. The van der Waals surface area contributed by atoms with E-state index in [1.54, 1.807) is 12.3 Å². The lowest BCUT2D eigenvalue weighted by Crippen LogP contribution is -2.16. The van der Waals surface area contributed by atoms with E-state index in [0.717, 1.165) is 28.0 Å². The second kappa shape index (κ2) is 6.17. The maximum atomic E-state index is 12.5. The molecule has 6 heteroatoms. The third-order valence-electron chi connectivity index (χ3n) is 4.08. The Hall–Kier alpha value is -2.53. The van der Waals surface area contributed by atoms with Gasteiger partial charge in [-0.05, 0) is 48.7 Å². The number of nitrogens with one attached hydrogen (secondary N) is 3. The highest BCUT2D eigenvalue weighted by Crippen LogP contribution is 2.31. The van der Waals surface area contributed by atoms with Crippen LogP contribution in [0.2, 0.25) is 5.02 Å². The van der Waals surface area contributed by atoms with Crippen LogP contribution in [0.15, 0.2) is 42.7 Å². The van der Waals surface area contributed by atoms with E-state index in [1.807, 2.05) is 30.5 Å². The van der Waals surface area contributed by atoms with Gasteiger partial charge in [-0.1, -0.05) is 11.6 Å². The minimum Gasteiger partial charge on any atom is -0.381 e. The molecule has 4 rings (SSSR count). The van der Waals surface area contributed by atoms with Crippen molar-refractivity contribution in [3.05, 3.63) is 53.3 Å². The number of carbonyl (C=O) groups excluding carboxylic acids is 1. The number of aromatic amines is 1. The van der Waals surface area contributed by atoms with Crippen LogP contribution in [-0.2, 0) is 11.2 Å². The second-order valence-corrected chi connectivity index (χ2v) is 6.48. The Balaban J connectivity index is 1.52. The van der Waals surface area contributed by atoms with Crippen LogP contribution in [0.25, 0.3) is 11.0 Å². The van der Waals surface area contributed by atoms with Crippen molar-refractivity contribution in [2.75, 3.05) is 10.6 Å². The first-order valence-electron chi connectivity index (χ1n) is 7.96. The van der Waals surface area contributed by atoms with E-state index in [2.05, 4.69) is 20.6 Å². The molecule has 1 aromatic carbocycles. The van der Waals surface area contributed by atoms with Gasteiger partial charge in [0, 0.05) is 28.8 Å². The molecular weight excluding hydrogens is 324 g/mol. The number of hydrogen-bond donors (Lipinski definition) is 3. The number of fused-ring (bicyclic) bond motifs is 1. The van der Waals surface area contributed by atoms with Crippen molar-refractivity contribution < 1.29 is 4.79 Å². The fraction of sp³-hybridized carbons (Fsp3) is 0.222. The summed E-state index contributed by atoms with van der Waals surface area (Å²) in [6, 6.07) is 9.84. The molecule has 0 bridgehead atoms. The van der Waals surface area contributed by atoms with Gasteiger partial charge in [0.25, 0.3) is 0 Å². The third-order valence-corrected chi connectivity index (χ3v) is 4.32. The Morgan fingerprint density at radius 3 is 3.00 bits per heavy atom. The SMILES string of the molecule is O=C(Cc1c[nH]c2ncccc12)Nc1cc(Cl)ccc1NC1CC1. The number of halogens is 1. The average molecular weight is 341 g/mol. The van der Waals surface area contributed by atoms with Gasteiger partial charge in [0.2, 0.25) is 5.91 Å². The zero-order chi connectivity index (χ0) is 16.5. The van der Waals surface area contributed by atoms with Crippen molar-refractivity contribution in [1.82, 2.24) is 9.97 Å². The summed E-state index contributed by atoms with van der Waals surface area (Å²) in [6.45, 7) is 0. The number of rotatable bonds is 5. The van der Waals surface area contributed by atoms with Gasteiger partial charge >= 0.3 is 0 Å². The van der Waals surface area contributed by atoms with Gasteiger partial charge in [0.1, 0.15) is 5.65 Å². The molecule has 122 valence electrons. The Morgan fingerprint density at radius 1 is 1.29 bits per heavy atom. The maximum Gasteiger partial charge on any atom is 0.228 e. The summed E-state index contributed by atoms with van der Waals surface area (Å²) >= 11 is 6.08. The van der Waals surface area contributed by atoms with Gasteiger partial charge in [0.05, 0.1) is 17.8 Å². The molecule has 2 aromatic heterocycles. The highest BCUT2D eigenvalue weighted by molar-refractivity contribution is 6.31. The van der Waals surface area contributed by atoms with Crippen LogP contribution in [0.3, 0.4) is 0 Å². The lowest BCUT2D eigenvalue weighted by Gasteiger charge is -2.13. The largest absolute Gasteiger partial charge is 0.381 e. The first-order chi connectivity index (χ1) is 11.7. The molecule has 1 aliphatic carbocycles. The van der Waals surface area contributed by atoms with E-state index in [4.69, 9.17) is 11.6 Å². The number of pyridine rings is 1. The molecule has 1 amide bonds. The van der Waals surface area contributed by atoms with Gasteiger partial charge in [-0.15, -0.1) is 0 Å². The smallest absolute Gasteiger partial charge is 0.228 e. The maximum absolute atomic E-state index is 12.5. The van der Waals surface area contributed by atoms with Crippen molar-refractivity contribution >= 4 is 39.9 Å². The second-order valence-electron chi connectivity index (χ2n) is 6.05. The molecule has 5 nitrogen and oxygen atoms in total. The predicted octanol–water partition coefficient (Wildman–Crippen LogP) is 3.97. The van der Waals surface area contributed by atoms with Gasteiger partial charge in [-0.2, -0.15) is 0 Å². The van der Waals surface area contributed by atoms with Crippen molar-refractivity contribution in [2.45, 2.75) is 25.3 Å². The van der Waals surface area contributed by atoms with Crippen molar-refractivity contribution in [1.29, 1.82) is 0 Å². The van der Waals surface area contributed by atoms with E-state index < -0.39 is 0 Å². The molecule has 1 fully saturated rings. The minimum atomic E-state index is -0.0825. The molecule has 3 N–H and O–H groups in total. The van der Waals surface area contributed by atoms with Crippen LogP contribution in [0.1, 0.15) is 18.4 Å². The molecule has 0 saturated heterocycles. The normalized spacial score (nSPS) is 13.9. The van der Waals surface area contributed by atoms with Gasteiger partial charge < -0.3 is 15.6 Å². The average Bonchev–Trinajstić information content (AvgIpc) is 3.30. The number of amides is 1. The fourth-order valence-corrected chi connectivity index (χ4v) is 2.89. The van der Waals surface area contributed by atoms with Gasteiger partial charge in [-0.3, -0.25) is 4.79 Å². The molecule has 0 radical (unpaired) electrons. The van der Waals surface area contributed by atoms with Crippen molar-refractivity contribution in [3.63, 3.8) is 0 Å². The fourth-order valence-electron chi connectivity index (χ4n) is 2.72. The standard InChI is InChI=1S/C18H17ClN4O/c19-12-3-6-15(22-13-4-5-13)16(9-12)23-17(24)8-11-10-21-18-14(11)2-1-7-20-18/h1-3,6-7,9-10,13,22H,4-5,8H2,(H,20,21)(H,23,24). The van der Waals surface area contributed by atoms with Crippen LogP contribution >= 0.6 is 11.6 Å². The van der Waals surface area contributed by atoms with E-state index in [1.165, 1.54) is 12.8 Å². The highest BCUT2D eigenvalue weighted by Gasteiger charge is 2.22. The van der Waals surface area contributed by atoms with Crippen LogP contribution in [0.5, 0.6) is 0 Å². The molecule has 0 atom stereocenters. The zero-order valence-electron chi connectivity index (χ0n) is 13.0. The third kappa shape index (κ3) is 3.21. The van der Waals surface area contributed by atoms with E-state index in [-0.39, 0.29) is 12.3 Å². The Bertz CT molecular complexity index is 901. The molecule has 0 unspecified atom stereocenters. The van der Waals surface area contributed by atoms with E-state index >= 15 is 0 Å². The number of benzene rings is 1. The molecule has 0 aliphatic heterocycles. The summed E-state index contributed by atoms with van der Waals surface area (Å²) in [6.07, 6.45) is 6.17. The lowest BCUT2D eigenvalue weighted by molar-refractivity contribution is -0.115. The monoisotopic (exact) mass is 340 g/mol. The molecule has 1 saturated carbocycles.